The number of nitrogens with one attached hydrogen (secondary N) is 1. The third kappa shape index (κ3) is 4.38. The van der Waals surface area contributed by atoms with Gasteiger partial charge in [-0.25, -0.2) is 25.9 Å². The second kappa shape index (κ2) is 7.26. The lowest BCUT2D eigenvalue weighted by atomic mass is 10.1. The lowest BCUT2D eigenvalue weighted by Gasteiger charge is -2.30. The lowest BCUT2D eigenvalue weighted by molar-refractivity contribution is 0.310. The van der Waals surface area contributed by atoms with E-state index in [2.05, 4.69) is 4.72 Å². The van der Waals surface area contributed by atoms with Gasteiger partial charge in [0.2, 0.25) is 20.0 Å². The molecule has 1 N–H and O–H groups in total. The van der Waals surface area contributed by atoms with Crippen LogP contribution in [0, 0.1) is 0 Å². The summed E-state index contributed by atoms with van der Waals surface area (Å²) in [6.07, 6.45) is 1.98. The molecule has 1 aromatic rings. The minimum atomic E-state index is -3.81. The van der Waals surface area contributed by atoms with Crippen molar-refractivity contribution < 1.29 is 26.3 Å². The van der Waals surface area contributed by atoms with Crippen LogP contribution >= 0.6 is 0 Å². The van der Waals surface area contributed by atoms with E-state index in [4.69, 9.17) is 9.47 Å². The second-order valence-electron chi connectivity index (χ2n) is 5.57. The minimum Gasteiger partial charge on any atom is -0.497 e. The van der Waals surface area contributed by atoms with Gasteiger partial charge in [-0.2, -0.15) is 0 Å². The fourth-order valence-electron chi connectivity index (χ4n) is 2.58. The monoisotopic (exact) mass is 378 g/mol. The summed E-state index contributed by atoms with van der Waals surface area (Å²) < 4.78 is 62.5. The maximum atomic E-state index is 12.6. The van der Waals surface area contributed by atoms with E-state index in [1.54, 1.807) is 6.07 Å². The van der Waals surface area contributed by atoms with Crippen LogP contribution in [0.2, 0.25) is 0 Å². The molecular formula is C14H22N2O6S2. The molecule has 1 aliphatic rings. The smallest absolute Gasteiger partial charge is 0.244 e. The predicted octanol–water partition coefficient (Wildman–Crippen LogP) is 0.406. The van der Waals surface area contributed by atoms with Crippen LogP contribution in [0.4, 0.5) is 0 Å². The number of methoxy groups -OCH3 is 2. The van der Waals surface area contributed by atoms with Crippen molar-refractivity contribution in [3.63, 3.8) is 0 Å². The molecule has 0 unspecified atom stereocenters. The Morgan fingerprint density at radius 3 is 2.21 bits per heavy atom. The summed E-state index contributed by atoms with van der Waals surface area (Å²) in [4.78, 5) is -0.00473. The molecule has 0 saturated carbocycles. The highest BCUT2D eigenvalue weighted by Gasteiger charge is 2.29. The first-order valence-corrected chi connectivity index (χ1v) is 10.7. The van der Waals surface area contributed by atoms with Crippen LogP contribution in [0.5, 0.6) is 11.5 Å². The summed E-state index contributed by atoms with van der Waals surface area (Å²) in [5, 5.41) is 0. The lowest BCUT2D eigenvalue weighted by Crippen LogP contribution is -2.46. The Morgan fingerprint density at radius 2 is 1.71 bits per heavy atom. The van der Waals surface area contributed by atoms with E-state index >= 15 is 0 Å². The van der Waals surface area contributed by atoms with Crippen LogP contribution in [-0.2, 0) is 20.0 Å². The molecule has 0 spiro atoms. The zero-order chi connectivity index (χ0) is 18.0. The zero-order valence-corrected chi connectivity index (χ0v) is 15.5. The molecule has 1 fully saturated rings. The van der Waals surface area contributed by atoms with Crippen LogP contribution < -0.4 is 14.2 Å². The molecule has 1 heterocycles. The molecule has 0 aromatic heterocycles. The molecular weight excluding hydrogens is 356 g/mol. The summed E-state index contributed by atoms with van der Waals surface area (Å²) in [6, 6.07) is 4.21. The number of sulfonamides is 2. The number of benzene rings is 1. The van der Waals surface area contributed by atoms with Gasteiger partial charge in [-0.15, -0.1) is 0 Å². The largest absolute Gasteiger partial charge is 0.497 e. The second-order valence-corrected chi connectivity index (χ2v) is 9.24. The van der Waals surface area contributed by atoms with E-state index in [9.17, 15) is 16.8 Å². The third-order valence-corrected chi connectivity index (χ3v) is 6.75. The van der Waals surface area contributed by atoms with Crippen LogP contribution in [0.15, 0.2) is 23.1 Å². The Kier molecular flexibility index (Phi) is 5.74. The molecule has 0 radical (unpaired) electrons. The highest BCUT2D eigenvalue weighted by Crippen LogP contribution is 2.28. The van der Waals surface area contributed by atoms with E-state index in [-0.39, 0.29) is 16.7 Å². The van der Waals surface area contributed by atoms with Crippen LogP contribution in [0.1, 0.15) is 12.8 Å². The number of hydrogen-bond acceptors (Lipinski definition) is 6. The number of piperidine rings is 1. The summed E-state index contributed by atoms with van der Waals surface area (Å²) in [5.74, 6) is 0.625. The average Bonchev–Trinajstić information content (AvgIpc) is 2.53. The van der Waals surface area contributed by atoms with E-state index in [1.807, 2.05) is 0 Å². The Balaban J connectivity index is 2.15. The predicted molar refractivity (Wildman–Crippen MR) is 89.3 cm³/mol. The van der Waals surface area contributed by atoms with Crippen molar-refractivity contribution in [1.29, 1.82) is 0 Å². The van der Waals surface area contributed by atoms with Crippen molar-refractivity contribution in [2.75, 3.05) is 33.6 Å². The fraction of sp³-hybridized carbons (Fsp3) is 0.571. The van der Waals surface area contributed by atoms with E-state index < -0.39 is 20.0 Å². The van der Waals surface area contributed by atoms with E-state index in [0.29, 0.717) is 31.7 Å². The van der Waals surface area contributed by atoms with Crippen LogP contribution in [-0.4, -0.2) is 60.7 Å². The minimum absolute atomic E-state index is 0.00473. The van der Waals surface area contributed by atoms with Gasteiger partial charge in [-0.05, 0) is 25.0 Å². The molecule has 0 atom stereocenters. The van der Waals surface area contributed by atoms with Gasteiger partial charge in [0.1, 0.15) is 16.4 Å². The Hall–Kier alpha value is -1.36. The van der Waals surface area contributed by atoms with Crippen molar-refractivity contribution in [1.82, 2.24) is 9.03 Å². The summed E-state index contributed by atoms with van der Waals surface area (Å²) in [7, 11) is -4.21. The Labute approximate surface area is 142 Å². The zero-order valence-electron chi connectivity index (χ0n) is 13.9. The maximum absolute atomic E-state index is 12.6. The van der Waals surface area contributed by atoms with Gasteiger partial charge < -0.3 is 9.47 Å². The highest BCUT2D eigenvalue weighted by molar-refractivity contribution is 7.89. The molecule has 24 heavy (non-hydrogen) atoms. The highest BCUT2D eigenvalue weighted by atomic mass is 32.2. The first-order chi connectivity index (χ1) is 11.2. The average molecular weight is 378 g/mol. The van der Waals surface area contributed by atoms with Crippen molar-refractivity contribution in [3.8, 4) is 11.5 Å². The van der Waals surface area contributed by atoms with Gasteiger partial charge in [0, 0.05) is 25.2 Å². The van der Waals surface area contributed by atoms with Gasteiger partial charge >= 0.3 is 0 Å². The SMILES string of the molecule is COc1ccc(OC)c(S(=O)(=O)NC2CCN(S(C)(=O)=O)CC2)c1. The summed E-state index contributed by atoms with van der Waals surface area (Å²) in [6.45, 7) is 0.586. The van der Waals surface area contributed by atoms with Crippen molar-refractivity contribution in [2.45, 2.75) is 23.8 Å². The fourth-order valence-corrected chi connectivity index (χ4v) is 4.95. The van der Waals surface area contributed by atoms with Crippen LogP contribution in [0.25, 0.3) is 0 Å². The molecule has 1 aromatic carbocycles. The maximum Gasteiger partial charge on any atom is 0.244 e. The van der Waals surface area contributed by atoms with Crippen LogP contribution in [0.3, 0.4) is 0 Å². The van der Waals surface area contributed by atoms with Gasteiger partial charge in [0.15, 0.2) is 0 Å². The number of rotatable bonds is 6. The van der Waals surface area contributed by atoms with Crippen molar-refractivity contribution in [2.24, 2.45) is 0 Å². The van der Waals surface area contributed by atoms with Gasteiger partial charge in [0.05, 0.1) is 20.5 Å². The molecule has 10 heteroatoms. The number of hydrogen-bond donors (Lipinski definition) is 1. The molecule has 8 nitrogen and oxygen atoms in total. The van der Waals surface area contributed by atoms with Crippen molar-refractivity contribution in [3.05, 3.63) is 18.2 Å². The normalized spacial score (nSPS) is 17.6. The molecule has 1 saturated heterocycles. The summed E-state index contributed by atoms with van der Waals surface area (Å²) in [5.41, 5.74) is 0. The van der Waals surface area contributed by atoms with E-state index in [0.717, 1.165) is 6.26 Å². The van der Waals surface area contributed by atoms with Crippen molar-refractivity contribution >= 4 is 20.0 Å². The van der Waals surface area contributed by atoms with Gasteiger partial charge in [-0.3, -0.25) is 0 Å². The Morgan fingerprint density at radius 1 is 1.08 bits per heavy atom. The van der Waals surface area contributed by atoms with E-state index in [1.165, 1.54) is 30.7 Å². The molecule has 0 bridgehead atoms. The van der Waals surface area contributed by atoms with Gasteiger partial charge in [-0.1, -0.05) is 0 Å². The molecule has 0 amide bonds. The standard InChI is InChI=1S/C14H22N2O6S2/c1-21-12-4-5-13(22-2)14(10-12)24(19,20)15-11-6-8-16(9-7-11)23(3,17)18/h4-5,10-11,15H,6-9H2,1-3H3. The van der Waals surface area contributed by atoms with Gasteiger partial charge in [0.25, 0.3) is 0 Å². The first-order valence-electron chi connectivity index (χ1n) is 7.37. The molecule has 0 aliphatic carbocycles. The topological polar surface area (TPSA) is 102 Å². The molecule has 2 rings (SSSR count). The number of nitrogens with zero attached hydrogens (tertiary/aromatic N) is 1. The Bertz CT molecular complexity index is 783. The first kappa shape index (κ1) is 19.0. The molecule has 136 valence electrons. The number of ether oxygens (including phenoxy) is 2. The molecule has 1 aliphatic heterocycles. The third-order valence-electron chi connectivity index (χ3n) is 3.91. The summed E-state index contributed by atoms with van der Waals surface area (Å²) >= 11 is 0. The quantitative estimate of drug-likeness (QED) is 0.769.